The van der Waals surface area contributed by atoms with Gasteiger partial charge in [0.2, 0.25) is 0 Å². The van der Waals surface area contributed by atoms with Gasteiger partial charge in [-0.05, 0) is 0 Å². The van der Waals surface area contributed by atoms with Crippen molar-refractivity contribution in [2.45, 2.75) is 0 Å². The molecule has 0 aliphatic rings. The van der Waals surface area contributed by atoms with Crippen LogP contribution in [-0.4, -0.2) is 17.7 Å². The van der Waals surface area contributed by atoms with E-state index in [0.717, 1.165) is 0 Å². The summed E-state index contributed by atoms with van der Waals surface area (Å²) in [6, 6.07) is 0. The molecule has 0 aliphatic carbocycles. The van der Waals surface area contributed by atoms with Gasteiger partial charge in [0, 0.05) is 6.57 Å². The zero-order valence-electron chi connectivity index (χ0n) is 2.63. The van der Waals surface area contributed by atoms with Crippen LogP contribution >= 0.6 is 0 Å². The lowest BCUT2D eigenvalue weighted by Crippen LogP contribution is -1.75. The summed E-state index contributed by atoms with van der Waals surface area (Å²) in [5.41, 5.74) is 0. The molecule has 0 saturated carbocycles. The van der Waals surface area contributed by atoms with Gasteiger partial charge in [-0.15, -0.1) is 0 Å². The minimum atomic E-state index is -0.750. The van der Waals surface area contributed by atoms with E-state index in [1.54, 1.807) is 0 Å². The molecule has 0 saturated heterocycles. The van der Waals surface area contributed by atoms with Crippen molar-refractivity contribution >= 4 is 7.69 Å². The maximum Gasteiger partial charge on any atom is 0.432 e. The van der Waals surface area contributed by atoms with E-state index in [1.807, 2.05) is 0 Å². The van der Waals surface area contributed by atoms with Crippen LogP contribution in [0.15, 0.2) is 0 Å². The summed E-state index contributed by atoms with van der Waals surface area (Å²) in [5.74, 6) is 0. The number of hydrogen-bond acceptors (Lipinski definition) is 3. The van der Waals surface area contributed by atoms with Crippen LogP contribution in [-0.2, 0) is 0 Å². The van der Waals surface area contributed by atoms with Crippen molar-refractivity contribution in [1.82, 2.24) is 0 Å². The molecule has 2 N–H and O–H groups in total. The molecule has 0 aliphatic heterocycles. The summed E-state index contributed by atoms with van der Waals surface area (Å²) in [6.45, 7) is 3.50. The van der Waals surface area contributed by atoms with Gasteiger partial charge in [0.25, 0.3) is 0 Å². The lowest BCUT2D eigenvalue weighted by molar-refractivity contribution is 0.448. The normalized spacial score (nSPS) is 3.20. The third-order valence-corrected chi connectivity index (χ3v) is 0. The van der Waals surface area contributed by atoms with Gasteiger partial charge in [0.1, 0.15) is 0 Å². The fourth-order valence-electron chi connectivity index (χ4n) is 0. The maximum atomic E-state index is 7.12. The highest BCUT2D eigenvalue weighted by Gasteiger charge is 1.48. The molecular weight excluding hydrogens is 68.8 g/mol. The summed E-state index contributed by atoms with van der Waals surface area (Å²) in [5, 5.41) is 20.8. The van der Waals surface area contributed by atoms with E-state index in [4.69, 9.17) is 15.3 Å². The Balaban J connectivity index is 0. The molecule has 28 valence electrons. The van der Waals surface area contributed by atoms with Gasteiger partial charge in [-0.2, -0.15) is 0 Å². The van der Waals surface area contributed by atoms with Crippen molar-refractivity contribution < 1.29 is 10.0 Å². The van der Waals surface area contributed by atoms with Gasteiger partial charge in [-0.3, -0.25) is 0 Å². The first-order chi connectivity index (χ1) is 2.41. The number of rotatable bonds is 0. The predicted octanol–water partition coefficient (Wildman–Crippen LogP) is -1.62. The second-order valence-electron chi connectivity index (χ2n) is 0.141. The zero-order chi connectivity index (χ0) is 4.71. The quantitative estimate of drug-likeness (QED) is 0.338. The smallest absolute Gasteiger partial charge is 0.430 e. The molecule has 0 heterocycles. The first-order valence-corrected chi connectivity index (χ1v) is 0.891. The van der Waals surface area contributed by atoms with E-state index < -0.39 is 7.69 Å². The monoisotopic (exact) mass is 73.0 g/mol. The van der Waals surface area contributed by atoms with Crippen LogP contribution in [0.5, 0.6) is 0 Å². The minimum absolute atomic E-state index is 0.750. The van der Waals surface area contributed by atoms with E-state index >= 15 is 0 Å². The third kappa shape index (κ3) is 27.4. The molecule has 0 rings (SSSR count). The molecule has 0 bridgehead atoms. The van der Waals surface area contributed by atoms with Crippen LogP contribution in [0.1, 0.15) is 0 Å². The Morgan fingerprint density at radius 2 is 1.40 bits per heavy atom. The largest absolute Gasteiger partial charge is 0.432 e. The van der Waals surface area contributed by atoms with Gasteiger partial charge in [0.05, 0.1) is 0 Å². The molecule has 0 aromatic carbocycles. The maximum absolute atomic E-state index is 7.12. The van der Waals surface area contributed by atoms with Crippen LogP contribution in [0.3, 0.4) is 0 Å². The van der Waals surface area contributed by atoms with E-state index in [0.29, 0.717) is 0 Å². The van der Waals surface area contributed by atoms with Crippen LogP contribution in [0.2, 0.25) is 0 Å². The van der Waals surface area contributed by atoms with Crippen molar-refractivity contribution in [1.29, 1.82) is 5.26 Å². The topological polar surface area (TPSA) is 64.2 Å². The fourth-order valence-corrected chi connectivity index (χ4v) is 0. The van der Waals surface area contributed by atoms with Crippen molar-refractivity contribution in [3.8, 4) is 6.57 Å². The number of nitrogens with zero attached hydrogens (tertiary/aromatic N) is 1. The number of nitriles is 1. The summed E-state index contributed by atoms with van der Waals surface area (Å²) >= 11 is 0. The fraction of sp³-hybridized carbons (Fsp3) is 0. The first-order valence-electron chi connectivity index (χ1n) is 0.891. The minimum Gasteiger partial charge on any atom is -0.430 e. The van der Waals surface area contributed by atoms with Gasteiger partial charge >= 0.3 is 7.69 Å². The van der Waals surface area contributed by atoms with Gasteiger partial charge in [-0.25, -0.2) is 5.26 Å². The number of hydrogen-bond donors (Lipinski definition) is 2. The van der Waals surface area contributed by atoms with Crippen LogP contribution in [0.25, 0.3) is 0 Å². The molecule has 0 radical (unpaired) electrons. The summed E-state index contributed by atoms with van der Waals surface area (Å²) in [7, 11) is -0.750. The van der Waals surface area contributed by atoms with Gasteiger partial charge in [-0.1, -0.05) is 0 Å². The lowest BCUT2D eigenvalue weighted by atomic mass is 10.5. The summed E-state index contributed by atoms with van der Waals surface area (Å²) in [6.07, 6.45) is 0. The second kappa shape index (κ2) is 94.4. The van der Waals surface area contributed by atoms with Crippen molar-refractivity contribution in [3.63, 3.8) is 0 Å². The zero-order valence-corrected chi connectivity index (χ0v) is 2.63. The van der Waals surface area contributed by atoms with E-state index in [1.165, 1.54) is 0 Å². The molecule has 0 atom stereocenters. The Kier molecular flexibility index (Phi) is 166. The predicted molar refractivity (Wildman–Crippen MR) is 18.3 cm³/mol. The van der Waals surface area contributed by atoms with Gasteiger partial charge < -0.3 is 10.0 Å². The molecule has 5 heavy (non-hydrogen) atoms. The van der Waals surface area contributed by atoms with Crippen molar-refractivity contribution in [2.24, 2.45) is 0 Å². The van der Waals surface area contributed by atoms with Gasteiger partial charge in [0.15, 0.2) is 0 Å². The van der Waals surface area contributed by atoms with Crippen LogP contribution in [0, 0.1) is 11.8 Å². The van der Waals surface area contributed by atoms with E-state index in [-0.39, 0.29) is 0 Å². The molecule has 0 amide bonds. The molecule has 0 aromatic heterocycles. The first kappa shape index (κ1) is 8.82. The molecule has 0 spiro atoms. The Morgan fingerprint density at radius 1 is 1.40 bits per heavy atom. The Hall–Kier alpha value is -0.525. The Labute approximate surface area is 30.8 Å². The standard InChI is InChI=1S/CHN.BH3O2/c1-2;2-1-3/h1H;1-3H. The molecular formula is CH4BNO2. The third-order valence-electron chi connectivity index (χ3n) is 0. The van der Waals surface area contributed by atoms with Crippen LogP contribution < -0.4 is 0 Å². The van der Waals surface area contributed by atoms with E-state index in [9.17, 15) is 0 Å². The SMILES string of the molecule is C#N.OBO. The molecule has 3 nitrogen and oxygen atoms in total. The highest BCUT2D eigenvalue weighted by atomic mass is 16.4. The average Bonchev–Trinajstić information content (AvgIpc) is 1.46. The molecule has 0 aromatic rings. The summed E-state index contributed by atoms with van der Waals surface area (Å²) < 4.78 is 0. The lowest BCUT2D eigenvalue weighted by Gasteiger charge is -1.48. The molecule has 4 heteroatoms. The molecule has 0 unspecified atom stereocenters. The van der Waals surface area contributed by atoms with Crippen LogP contribution in [0.4, 0.5) is 0 Å². The Morgan fingerprint density at radius 3 is 1.40 bits per heavy atom. The Bertz CT molecular complexity index is 20.9. The molecule has 0 fully saturated rings. The highest BCUT2D eigenvalue weighted by Crippen LogP contribution is 1.08. The van der Waals surface area contributed by atoms with E-state index in [2.05, 4.69) is 6.57 Å². The van der Waals surface area contributed by atoms with Crippen molar-refractivity contribution in [3.05, 3.63) is 0 Å². The highest BCUT2D eigenvalue weighted by molar-refractivity contribution is 6.13. The van der Waals surface area contributed by atoms with Crippen molar-refractivity contribution in [2.75, 3.05) is 0 Å². The summed E-state index contributed by atoms with van der Waals surface area (Å²) in [4.78, 5) is 0. The second-order valence-corrected chi connectivity index (χ2v) is 0.141. The average molecular weight is 72.9 g/mol.